The second kappa shape index (κ2) is 9.25. The van der Waals surface area contributed by atoms with Crippen LogP contribution in [0.1, 0.15) is 39.4 Å². The van der Waals surface area contributed by atoms with Crippen LogP contribution in [0.15, 0.2) is 52.4 Å². The number of aromatic nitrogens is 3. The van der Waals surface area contributed by atoms with Gasteiger partial charge in [0.05, 0.1) is 16.4 Å². The Bertz CT molecular complexity index is 937. The van der Waals surface area contributed by atoms with Crippen molar-refractivity contribution in [2.75, 3.05) is 0 Å². The molecule has 0 unspecified atom stereocenters. The Labute approximate surface area is 152 Å². The van der Waals surface area contributed by atoms with Crippen molar-refractivity contribution in [1.82, 2.24) is 14.8 Å². The molecule has 0 atom stereocenters. The lowest BCUT2D eigenvalue weighted by atomic mass is 10.2. The fourth-order valence-corrected chi connectivity index (χ4v) is 2.48. The summed E-state index contributed by atoms with van der Waals surface area (Å²) in [5.41, 5.74) is 0.764. The summed E-state index contributed by atoms with van der Waals surface area (Å²) in [6.07, 6.45) is 2.97. The van der Waals surface area contributed by atoms with Crippen LogP contribution in [-0.2, 0) is 10.0 Å². The van der Waals surface area contributed by atoms with Gasteiger partial charge in [-0.25, -0.2) is 32.5 Å². The molecule has 0 aliphatic heterocycles. The zero-order valence-electron chi connectivity index (χ0n) is 15.0. The Morgan fingerprint density at radius 3 is 2.31 bits per heavy atom. The normalized spacial score (nSPS) is 11.7. The van der Waals surface area contributed by atoms with Crippen molar-refractivity contribution >= 4 is 15.6 Å². The zero-order valence-corrected chi connectivity index (χ0v) is 15.8. The molecule has 0 radical (unpaired) electrons. The number of hydrogen-bond donors (Lipinski definition) is 2. The number of primary sulfonamides is 1. The topological polar surface area (TPSA) is 111 Å². The Morgan fingerprint density at radius 1 is 1.35 bits per heavy atom. The monoisotopic (exact) mass is 382 g/mol. The summed E-state index contributed by atoms with van der Waals surface area (Å²) in [5, 5.41) is 7.57. The Hall–Kier alpha value is -2.52. The number of H-pyrrole nitrogens is 1. The van der Waals surface area contributed by atoms with Crippen molar-refractivity contribution in [2.24, 2.45) is 5.14 Å². The van der Waals surface area contributed by atoms with Crippen molar-refractivity contribution < 1.29 is 12.8 Å². The molecule has 0 aliphatic carbocycles. The number of nitrogens with zero attached hydrogens (tertiary/aromatic N) is 2. The maximum absolute atomic E-state index is 11.6. The van der Waals surface area contributed by atoms with Gasteiger partial charge in [0.1, 0.15) is 0 Å². The molecule has 2 aromatic rings. The predicted molar refractivity (Wildman–Crippen MR) is 100 cm³/mol. The molecule has 1 aromatic heterocycles. The van der Waals surface area contributed by atoms with Gasteiger partial charge in [0.25, 0.3) is 0 Å². The number of sulfonamides is 1. The van der Waals surface area contributed by atoms with Crippen LogP contribution in [0.25, 0.3) is 11.3 Å². The number of nitrogens with two attached hydrogens (primary N) is 1. The number of benzene rings is 1. The molecular formula is C17H23FN4O3S. The van der Waals surface area contributed by atoms with Gasteiger partial charge >= 0.3 is 5.69 Å². The fourth-order valence-electron chi connectivity index (χ4n) is 1.97. The van der Waals surface area contributed by atoms with Crippen molar-refractivity contribution in [3.63, 3.8) is 0 Å². The van der Waals surface area contributed by atoms with Gasteiger partial charge in [0, 0.05) is 0 Å². The molecule has 1 aromatic carbocycles. The van der Waals surface area contributed by atoms with E-state index < -0.39 is 15.7 Å². The van der Waals surface area contributed by atoms with E-state index in [4.69, 9.17) is 5.14 Å². The first-order chi connectivity index (χ1) is 12.1. The summed E-state index contributed by atoms with van der Waals surface area (Å²) < 4.78 is 35.4. The molecule has 7 nitrogen and oxygen atoms in total. The van der Waals surface area contributed by atoms with Crippen LogP contribution in [0, 0.1) is 0 Å². The van der Waals surface area contributed by atoms with E-state index in [1.165, 1.54) is 35.9 Å². The number of aromatic amines is 1. The highest BCUT2D eigenvalue weighted by atomic mass is 32.2. The first kappa shape index (κ1) is 21.5. The van der Waals surface area contributed by atoms with Gasteiger partial charge in [-0.3, -0.25) is 0 Å². The average Bonchev–Trinajstić information content (AvgIpc) is 2.96. The lowest BCUT2D eigenvalue weighted by molar-refractivity contribution is 0.597. The summed E-state index contributed by atoms with van der Waals surface area (Å²) in [4.78, 5) is 15.2. The number of allylic oxidation sites excluding steroid dienone is 3. The second-order valence-corrected chi connectivity index (χ2v) is 6.94. The third kappa shape index (κ3) is 6.08. The van der Waals surface area contributed by atoms with Gasteiger partial charge in [-0.2, -0.15) is 4.98 Å². The van der Waals surface area contributed by atoms with E-state index >= 15 is 0 Å². The standard InChI is InChI=1S/C12H14N4O3S.C5H9F/c1-3-8(2)11-14-12(17)15-16(11)9-4-6-10(7-5-9)20(13,18)19;1-3-4-5(2)6/h4-7H,2-3H2,1H3,(H,15,17)(H2,13,18,19);4H,3H2,1-2H3/b;5-4+. The van der Waals surface area contributed by atoms with Crippen molar-refractivity contribution in [1.29, 1.82) is 0 Å². The van der Waals surface area contributed by atoms with Gasteiger partial charge in [0.2, 0.25) is 10.0 Å². The van der Waals surface area contributed by atoms with Crippen LogP contribution in [0.5, 0.6) is 0 Å². The van der Waals surface area contributed by atoms with Gasteiger partial charge < -0.3 is 0 Å². The first-order valence-corrected chi connectivity index (χ1v) is 9.47. The Kier molecular flexibility index (Phi) is 7.66. The summed E-state index contributed by atoms with van der Waals surface area (Å²) in [6.45, 7) is 9.09. The number of hydrogen-bond acceptors (Lipinski definition) is 4. The van der Waals surface area contributed by atoms with Crippen LogP contribution in [-0.4, -0.2) is 23.2 Å². The summed E-state index contributed by atoms with van der Waals surface area (Å²) in [6, 6.07) is 5.79. The summed E-state index contributed by atoms with van der Waals surface area (Å²) in [7, 11) is -3.74. The largest absolute Gasteiger partial charge is 0.362 e. The minimum Gasteiger partial charge on any atom is -0.244 e. The molecule has 0 fully saturated rings. The lowest BCUT2D eigenvalue weighted by Crippen LogP contribution is -2.12. The molecule has 142 valence electrons. The van der Waals surface area contributed by atoms with Crippen LogP contribution >= 0.6 is 0 Å². The van der Waals surface area contributed by atoms with E-state index in [1.54, 1.807) is 6.08 Å². The van der Waals surface area contributed by atoms with Crippen molar-refractivity contribution in [3.8, 4) is 5.69 Å². The Balaban J connectivity index is 0.000000487. The number of nitrogens with one attached hydrogen (secondary N) is 1. The smallest absolute Gasteiger partial charge is 0.244 e. The third-order valence-electron chi connectivity index (χ3n) is 3.28. The average molecular weight is 382 g/mol. The van der Waals surface area contributed by atoms with Crippen molar-refractivity contribution in [3.05, 3.63) is 59.1 Å². The SMILES string of the molecule is C=C(CC)c1nc(=O)[nH]n1-c1ccc(S(N)(=O)=O)cc1.CC/C=C(\C)F. The van der Waals surface area contributed by atoms with E-state index in [9.17, 15) is 17.6 Å². The highest BCUT2D eigenvalue weighted by molar-refractivity contribution is 7.89. The molecule has 0 aliphatic rings. The number of rotatable bonds is 5. The predicted octanol–water partition coefficient (Wildman–Crippen LogP) is 2.90. The van der Waals surface area contributed by atoms with E-state index in [0.29, 0.717) is 23.5 Å². The second-order valence-electron chi connectivity index (χ2n) is 5.38. The van der Waals surface area contributed by atoms with Crippen molar-refractivity contribution in [2.45, 2.75) is 38.5 Å². The minimum atomic E-state index is -3.74. The zero-order chi connectivity index (χ0) is 19.9. The van der Waals surface area contributed by atoms with Gasteiger partial charge in [-0.1, -0.05) is 26.5 Å². The molecule has 1 heterocycles. The maximum atomic E-state index is 11.6. The van der Waals surface area contributed by atoms with Crippen LogP contribution in [0.4, 0.5) is 4.39 Å². The van der Waals surface area contributed by atoms with E-state index in [1.807, 2.05) is 13.8 Å². The van der Waals surface area contributed by atoms with E-state index in [-0.39, 0.29) is 10.7 Å². The lowest BCUT2D eigenvalue weighted by Gasteiger charge is -2.08. The minimum absolute atomic E-state index is 0.000389. The Morgan fingerprint density at radius 2 is 1.92 bits per heavy atom. The van der Waals surface area contributed by atoms with Gasteiger partial charge in [-0.05, 0) is 49.6 Å². The maximum Gasteiger partial charge on any atom is 0.362 e. The summed E-state index contributed by atoms with van der Waals surface area (Å²) in [5.74, 6) is 0.332. The highest BCUT2D eigenvalue weighted by Gasteiger charge is 2.12. The molecule has 0 spiro atoms. The molecule has 0 bridgehead atoms. The van der Waals surface area contributed by atoms with Crippen LogP contribution in [0.2, 0.25) is 0 Å². The fraction of sp³-hybridized carbons (Fsp3) is 0.294. The van der Waals surface area contributed by atoms with Crippen LogP contribution < -0.4 is 10.8 Å². The molecule has 2 rings (SSSR count). The van der Waals surface area contributed by atoms with E-state index in [2.05, 4.69) is 16.7 Å². The molecule has 0 amide bonds. The molecule has 3 N–H and O–H groups in total. The number of halogens is 1. The molecule has 26 heavy (non-hydrogen) atoms. The highest BCUT2D eigenvalue weighted by Crippen LogP contribution is 2.17. The third-order valence-corrected chi connectivity index (χ3v) is 4.21. The van der Waals surface area contributed by atoms with Gasteiger partial charge in [-0.15, -0.1) is 0 Å². The quantitative estimate of drug-likeness (QED) is 0.828. The molecular weight excluding hydrogens is 359 g/mol. The van der Waals surface area contributed by atoms with Crippen LogP contribution in [0.3, 0.4) is 0 Å². The van der Waals surface area contributed by atoms with E-state index in [0.717, 1.165) is 6.42 Å². The molecule has 0 saturated carbocycles. The summed E-state index contributed by atoms with van der Waals surface area (Å²) >= 11 is 0. The van der Waals surface area contributed by atoms with Gasteiger partial charge in [0.15, 0.2) is 5.82 Å². The molecule has 9 heteroatoms. The first-order valence-electron chi connectivity index (χ1n) is 7.92. The molecule has 0 saturated heterocycles.